The molecule has 0 aliphatic heterocycles. The quantitative estimate of drug-likeness (QED) is 0.445. The Hall–Kier alpha value is -0.480. The lowest BCUT2D eigenvalue weighted by Crippen LogP contribution is -2.03. The van der Waals surface area contributed by atoms with E-state index < -0.39 is 6.09 Å². The fourth-order valence-electron chi connectivity index (χ4n) is 0. The number of primary amides is 1. The molecule has 0 aromatic carbocycles. The molecule has 0 bridgehead atoms. The number of rotatable bonds is 0. The standard InChI is InChI=1S/C2H7N.CH3NO2.ClH/c1-2-3;2-1(3)4;/h2-3H2,1H3;2H2,(H,3,4);1H. The van der Waals surface area contributed by atoms with Crippen molar-refractivity contribution in [3.8, 4) is 0 Å². The van der Waals surface area contributed by atoms with Gasteiger partial charge < -0.3 is 16.6 Å². The van der Waals surface area contributed by atoms with Crippen LogP contribution in [0.1, 0.15) is 6.92 Å². The van der Waals surface area contributed by atoms with Gasteiger partial charge in [0.2, 0.25) is 0 Å². The highest BCUT2D eigenvalue weighted by atomic mass is 35.5. The van der Waals surface area contributed by atoms with Crippen molar-refractivity contribution in [2.24, 2.45) is 11.5 Å². The molecule has 0 saturated heterocycles. The second-order valence-electron chi connectivity index (χ2n) is 0.746. The lowest BCUT2D eigenvalue weighted by Gasteiger charge is -1.61. The van der Waals surface area contributed by atoms with Crippen LogP contribution in [0, 0.1) is 0 Å². The third-order valence-corrected chi connectivity index (χ3v) is 0. The second-order valence-corrected chi connectivity index (χ2v) is 0.746. The molecule has 0 radical (unpaired) electrons. The molecule has 8 heavy (non-hydrogen) atoms. The molecule has 0 aromatic heterocycles. The van der Waals surface area contributed by atoms with Crippen LogP contribution in [0.15, 0.2) is 0 Å². The molecule has 5 heteroatoms. The molecular weight excluding hydrogens is 131 g/mol. The molecule has 0 aromatic rings. The second kappa shape index (κ2) is 16.0. The molecule has 0 atom stereocenters. The van der Waals surface area contributed by atoms with E-state index in [1.807, 2.05) is 6.92 Å². The van der Waals surface area contributed by atoms with Crippen LogP contribution in [0.4, 0.5) is 4.79 Å². The van der Waals surface area contributed by atoms with Crippen molar-refractivity contribution >= 4 is 18.5 Å². The monoisotopic (exact) mass is 142 g/mol. The van der Waals surface area contributed by atoms with Crippen LogP contribution in [-0.2, 0) is 0 Å². The lowest BCUT2D eigenvalue weighted by atomic mass is 10.8. The Balaban J connectivity index is -0.0000000575. The molecule has 0 saturated carbocycles. The summed E-state index contributed by atoms with van der Waals surface area (Å²) in [4.78, 5) is 8.78. The zero-order valence-electron chi connectivity index (χ0n) is 4.63. The number of carboxylic acid groups (broad SMARTS) is 1. The van der Waals surface area contributed by atoms with E-state index in [9.17, 15) is 0 Å². The average Bonchev–Trinajstić information content (AvgIpc) is 1.33. The van der Waals surface area contributed by atoms with Crippen molar-refractivity contribution in [3.63, 3.8) is 0 Å². The molecule has 0 aliphatic rings. The zero-order valence-corrected chi connectivity index (χ0v) is 5.44. The number of halogens is 1. The summed E-state index contributed by atoms with van der Waals surface area (Å²) in [5, 5.41) is 7.19. The van der Waals surface area contributed by atoms with E-state index in [1.165, 1.54) is 0 Å². The summed E-state index contributed by atoms with van der Waals surface area (Å²) in [7, 11) is 0. The number of hydrogen-bond donors (Lipinski definition) is 3. The van der Waals surface area contributed by atoms with E-state index in [2.05, 4.69) is 5.73 Å². The Morgan fingerprint density at radius 3 is 1.75 bits per heavy atom. The molecule has 5 N–H and O–H groups in total. The van der Waals surface area contributed by atoms with Gasteiger partial charge in [-0.05, 0) is 6.54 Å². The van der Waals surface area contributed by atoms with Gasteiger partial charge in [0.15, 0.2) is 0 Å². The first-order chi connectivity index (χ1) is 3.15. The fraction of sp³-hybridized carbons (Fsp3) is 0.667. The van der Waals surface area contributed by atoms with Crippen LogP contribution < -0.4 is 11.5 Å². The minimum absolute atomic E-state index is 0. The van der Waals surface area contributed by atoms with E-state index in [-0.39, 0.29) is 12.4 Å². The van der Waals surface area contributed by atoms with Crippen LogP contribution in [0.25, 0.3) is 0 Å². The molecule has 1 amide bonds. The number of nitrogens with two attached hydrogens (primary N) is 2. The van der Waals surface area contributed by atoms with Crippen molar-refractivity contribution in [1.82, 2.24) is 0 Å². The van der Waals surface area contributed by atoms with Gasteiger partial charge in [-0.25, -0.2) is 4.79 Å². The van der Waals surface area contributed by atoms with Gasteiger partial charge >= 0.3 is 6.09 Å². The number of hydrogen-bond acceptors (Lipinski definition) is 2. The Morgan fingerprint density at radius 1 is 1.75 bits per heavy atom. The van der Waals surface area contributed by atoms with Crippen molar-refractivity contribution < 1.29 is 9.90 Å². The van der Waals surface area contributed by atoms with Crippen LogP contribution in [0.5, 0.6) is 0 Å². The van der Waals surface area contributed by atoms with Gasteiger partial charge in [0.25, 0.3) is 0 Å². The maximum atomic E-state index is 8.78. The van der Waals surface area contributed by atoms with Gasteiger partial charge in [0.05, 0.1) is 0 Å². The van der Waals surface area contributed by atoms with Crippen molar-refractivity contribution in [1.29, 1.82) is 0 Å². The number of carbonyl (C=O) groups is 1. The summed E-state index contributed by atoms with van der Waals surface area (Å²) in [6.45, 7) is 2.65. The molecular formula is C3H11ClN2O2. The van der Waals surface area contributed by atoms with E-state index in [0.29, 0.717) is 0 Å². The first-order valence-corrected chi connectivity index (χ1v) is 1.83. The Labute approximate surface area is 54.3 Å². The molecule has 0 aliphatic carbocycles. The van der Waals surface area contributed by atoms with E-state index in [1.54, 1.807) is 0 Å². The molecule has 4 nitrogen and oxygen atoms in total. The molecule has 0 fully saturated rings. The lowest BCUT2D eigenvalue weighted by molar-refractivity contribution is 0.205. The molecule has 0 spiro atoms. The van der Waals surface area contributed by atoms with Gasteiger partial charge in [0, 0.05) is 0 Å². The summed E-state index contributed by atoms with van der Waals surface area (Å²) in [6.07, 6.45) is -1.33. The molecule has 0 rings (SSSR count). The van der Waals surface area contributed by atoms with Crippen molar-refractivity contribution in [3.05, 3.63) is 0 Å². The SMILES string of the molecule is CCN.Cl.NC(=O)O. The number of amides is 1. The Kier molecular flexibility index (Phi) is 31.4. The minimum atomic E-state index is -1.33. The summed E-state index contributed by atoms with van der Waals surface area (Å²) in [5.74, 6) is 0. The average molecular weight is 143 g/mol. The highest BCUT2D eigenvalue weighted by Crippen LogP contribution is 1.34. The van der Waals surface area contributed by atoms with Gasteiger partial charge in [-0.1, -0.05) is 6.92 Å². The first-order valence-electron chi connectivity index (χ1n) is 1.83. The van der Waals surface area contributed by atoms with Gasteiger partial charge in [-0.15, -0.1) is 12.4 Å². The summed E-state index contributed by atoms with van der Waals surface area (Å²) in [6, 6.07) is 0. The summed E-state index contributed by atoms with van der Waals surface area (Å²) >= 11 is 0. The zero-order chi connectivity index (χ0) is 6.28. The van der Waals surface area contributed by atoms with Crippen LogP contribution in [-0.4, -0.2) is 17.7 Å². The topological polar surface area (TPSA) is 89.3 Å². The Morgan fingerprint density at radius 2 is 1.75 bits per heavy atom. The molecule has 0 heterocycles. The van der Waals surface area contributed by atoms with E-state index in [0.717, 1.165) is 6.54 Å². The van der Waals surface area contributed by atoms with Crippen LogP contribution >= 0.6 is 12.4 Å². The third-order valence-electron chi connectivity index (χ3n) is 0. The van der Waals surface area contributed by atoms with Crippen molar-refractivity contribution in [2.45, 2.75) is 6.92 Å². The van der Waals surface area contributed by atoms with Crippen LogP contribution in [0.2, 0.25) is 0 Å². The summed E-state index contributed by atoms with van der Waals surface area (Å²) in [5.41, 5.74) is 8.88. The maximum absolute atomic E-state index is 8.78. The van der Waals surface area contributed by atoms with Crippen LogP contribution in [0.3, 0.4) is 0 Å². The van der Waals surface area contributed by atoms with Gasteiger partial charge in [0.1, 0.15) is 0 Å². The van der Waals surface area contributed by atoms with Gasteiger partial charge in [-0.3, -0.25) is 0 Å². The predicted octanol–water partition coefficient (Wildman–Crippen LogP) is 0.00990. The van der Waals surface area contributed by atoms with E-state index >= 15 is 0 Å². The largest absolute Gasteiger partial charge is 0.465 e. The van der Waals surface area contributed by atoms with Crippen molar-refractivity contribution in [2.75, 3.05) is 6.54 Å². The molecule has 0 unspecified atom stereocenters. The Bertz CT molecular complexity index is 46.5. The predicted molar refractivity (Wildman–Crippen MR) is 34.2 cm³/mol. The van der Waals surface area contributed by atoms with E-state index in [4.69, 9.17) is 15.6 Å². The minimum Gasteiger partial charge on any atom is -0.465 e. The maximum Gasteiger partial charge on any atom is 0.402 e. The molecule has 52 valence electrons. The third kappa shape index (κ3) is 489. The first kappa shape index (κ1) is 15.6. The highest BCUT2D eigenvalue weighted by Gasteiger charge is 1.65. The fourth-order valence-corrected chi connectivity index (χ4v) is 0. The highest BCUT2D eigenvalue weighted by molar-refractivity contribution is 5.85. The van der Waals surface area contributed by atoms with Gasteiger partial charge in [-0.2, -0.15) is 0 Å². The normalized spacial score (nSPS) is 5.25. The smallest absolute Gasteiger partial charge is 0.402 e. The summed E-state index contributed by atoms with van der Waals surface area (Å²) < 4.78 is 0.